The molecule has 38 heavy (non-hydrogen) atoms. The molecule has 7 nitrogen and oxygen atoms in total. The number of sulfonamides is 1. The van der Waals surface area contributed by atoms with Crippen LogP contribution in [-0.4, -0.2) is 34.0 Å². The van der Waals surface area contributed by atoms with Gasteiger partial charge < -0.3 is 14.8 Å². The molecule has 1 heterocycles. The van der Waals surface area contributed by atoms with Gasteiger partial charge in [0.15, 0.2) is 11.6 Å². The van der Waals surface area contributed by atoms with Crippen LogP contribution in [0.4, 0.5) is 14.5 Å². The number of hydrogen-bond acceptors (Lipinski definition) is 5. The number of fused-ring (bicyclic) bond motifs is 1. The summed E-state index contributed by atoms with van der Waals surface area (Å²) in [5.74, 6) is -1.43. The smallest absolute Gasteiger partial charge is 0.265 e. The van der Waals surface area contributed by atoms with Crippen molar-refractivity contribution in [2.45, 2.75) is 31.4 Å². The van der Waals surface area contributed by atoms with Gasteiger partial charge in [-0.15, -0.1) is 0 Å². The fourth-order valence-electron chi connectivity index (χ4n) is 4.11. The van der Waals surface area contributed by atoms with Crippen molar-refractivity contribution in [3.05, 3.63) is 88.0 Å². The molecule has 1 aliphatic heterocycles. The average Bonchev–Trinajstić information content (AvgIpc) is 2.87. The van der Waals surface area contributed by atoms with E-state index in [0.29, 0.717) is 16.8 Å². The summed E-state index contributed by atoms with van der Waals surface area (Å²) in [5.41, 5.74) is 1.65. The van der Waals surface area contributed by atoms with E-state index in [1.54, 1.807) is 31.2 Å². The summed E-state index contributed by atoms with van der Waals surface area (Å²) >= 11 is 6.10. The lowest BCUT2D eigenvalue weighted by atomic mass is 9.98. The number of amides is 1. The first-order chi connectivity index (χ1) is 18.0. The molecule has 0 aliphatic carbocycles. The molecule has 3 aromatic carbocycles. The molecule has 11 heteroatoms. The zero-order valence-corrected chi connectivity index (χ0v) is 22.4. The third kappa shape index (κ3) is 5.46. The zero-order valence-electron chi connectivity index (χ0n) is 20.8. The second kappa shape index (κ2) is 11.0. The van der Waals surface area contributed by atoms with E-state index in [2.05, 4.69) is 5.32 Å². The minimum Gasteiger partial charge on any atom is -0.494 e. The summed E-state index contributed by atoms with van der Waals surface area (Å²) in [5, 5.41) is 2.91. The molecule has 1 aliphatic rings. The lowest BCUT2D eigenvalue weighted by Crippen LogP contribution is -2.44. The summed E-state index contributed by atoms with van der Waals surface area (Å²) in [7, 11) is -3.00. The van der Waals surface area contributed by atoms with Crippen LogP contribution in [0.25, 0.3) is 6.08 Å². The first-order valence-electron chi connectivity index (χ1n) is 11.6. The number of carbonyl (C=O) groups excluding carboxylic acids is 1. The van der Waals surface area contributed by atoms with E-state index in [9.17, 15) is 22.0 Å². The number of hydrogen-bond donors (Lipinski definition) is 1. The van der Waals surface area contributed by atoms with Crippen molar-refractivity contribution in [1.29, 1.82) is 0 Å². The van der Waals surface area contributed by atoms with Crippen LogP contribution in [0.2, 0.25) is 5.02 Å². The lowest BCUT2D eigenvalue weighted by molar-refractivity contribution is -0.118. The Kier molecular flexibility index (Phi) is 7.94. The normalized spacial score (nSPS) is 14.9. The number of nitrogens with zero attached hydrogens (tertiary/aromatic N) is 1. The van der Waals surface area contributed by atoms with Crippen molar-refractivity contribution in [1.82, 2.24) is 5.32 Å². The molecule has 0 aromatic heterocycles. The summed E-state index contributed by atoms with van der Waals surface area (Å²) in [6.07, 6.45) is 1.80. The van der Waals surface area contributed by atoms with Crippen molar-refractivity contribution in [2.75, 3.05) is 18.0 Å². The first kappa shape index (κ1) is 27.4. The third-order valence-electron chi connectivity index (χ3n) is 6.13. The van der Waals surface area contributed by atoms with Gasteiger partial charge in [-0.1, -0.05) is 17.7 Å². The van der Waals surface area contributed by atoms with Gasteiger partial charge >= 0.3 is 0 Å². The van der Waals surface area contributed by atoms with Gasteiger partial charge in [0.1, 0.15) is 18.2 Å². The molecule has 1 N–H and O–H groups in total. The van der Waals surface area contributed by atoms with Gasteiger partial charge in [0.25, 0.3) is 10.0 Å². The van der Waals surface area contributed by atoms with Crippen molar-refractivity contribution < 1.29 is 31.5 Å². The standard InChI is InChI=1S/C27H25ClF2N2O5S/c1-16-19(14-31-17(2)33)11-18-7-8-20(37-15-22-23(28)5-4-6-24(22)29)12-26(18)32(16)38(34,35)21-9-10-25(30)27(13-21)36-3/h4-13,16H,14-15H2,1-3H3,(H,31,33). The first-order valence-corrected chi connectivity index (χ1v) is 13.4. The van der Waals surface area contributed by atoms with Crippen LogP contribution >= 0.6 is 11.6 Å². The quantitative estimate of drug-likeness (QED) is 0.401. The largest absolute Gasteiger partial charge is 0.494 e. The molecule has 0 saturated heterocycles. The molecule has 3 aromatic rings. The van der Waals surface area contributed by atoms with Gasteiger partial charge in [0.05, 0.1) is 28.8 Å². The Morgan fingerprint density at radius 1 is 1.11 bits per heavy atom. The van der Waals surface area contributed by atoms with Crippen LogP contribution < -0.4 is 19.1 Å². The van der Waals surface area contributed by atoms with Gasteiger partial charge in [-0.2, -0.15) is 0 Å². The van der Waals surface area contributed by atoms with Gasteiger partial charge in [0, 0.05) is 31.2 Å². The molecule has 0 spiro atoms. The van der Waals surface area contributed by atoms with Gasteiger partial charge in [0.2, 0.25) is 5.91 Å². The highest BCUT2D eigenvalue weighted by molar-refractivity contribution is 7.92. The maximum absolute atomic E-state index is 14.2. The van der Waals surface area contributed by atoms with Crippen LogP contribution in [0.1, 0.15) is 25.0 Å². The number of rotatable bonds is 8. The topological polar surface area (TPSA) is 84.9 Å². The number of anilines is 1. The van der Waals surface area contributed by atoms with E-state index < -0.39 is 27.7 Å². The monoisotopic (exact) mass is 562 g/mol. The minimum absolute atomic E-state index is 0.124. The van der Waals surface area contributed by atoms with E-state index >= 15 is 0 Å². The SMILES string of the molecule is COc1cc(S(=O)(=O)N2c3cc(OCc4c(F)cccc4Cl)ccc3C=C(CNC(C)=O)C2C)ccc1F. The van der Waals surface area contributed by atoms with Crippen LogP contribution in [0.5, 0.6) is 11.5 Å². The predicted octanol–water partition coefficient (Wildman–Crippen LogP) is 5.32. The van der Waals surface area contributed by atoms with E-state index in [-0.39, 0.29) is 46.0 Å². The average molecular weight is 563 g/mol. The Morgan fingerprint density at radius 2 is 1.87 bits per heavy atom. The Balaban J connectivity index is 1.77. The number of benzene rings is 3. The molecular weight excluding hydrogens is 538 g/mol. The second-order valence-corrected chi connectivity index (χ2v) is 10.8. The highest BCUT2D eigenvalue weighted by atomic mass is 35.5. The summed E-state index contributed by atoms with van der Waals surface area (Å²) in [6.45, 7) is 3.00. The maximum Gasteiger partial charge on any atom is 0.265 e. The van der Waals surface area contributed by atoms with Crippen molar-refractivity contribution in [3.8, 4) is 11.5 Å². The molecule has 0 bridgehead atoms. The highest BCUT2D eigenvalue weighted by Crippen LogP contribution is 2.40. The molecule has 1 amide bonds. The van der Waals surface area contributed by atoms with E-state index in [1.807, 2.05) is 0 Å². The minimum atomic E-state index is -4.25. The lowest BCUT2D eigenvalue weighted by Gasteiger charge is -2.36. The van der Waals surface area contributed by atoms with Crippen molar-refractivity contribution in [3.63, 3.8) is 0 Å². The zero-order chi connectivity index (χ0) is 27.6. The fraction of sp³-hybridized carbons (Fsp3) is 0.222. The Hall–Kier alpha value is -3.63. The van der Waals surface area contributed by atoms with E-state index in [4.69, 9.17) is 21.1 Å². The maximum atomic E-state index is 14.2. The molecule has 1 atom stereocenters. The molecule has 1 unspecified atom stereocenters. The number of carbonyl (C=O) groups is 1. The van der Waals surface area contributed by atoms with Gasteiger partial charge in [-0.25, -0.2) is 17.2 Å². The third-order valence-corrected chi connectivity index (χ3v) is 8.37. The molecule has 0 saturated carbocycles. The van der Waals surface area contributed by atoms with Gasteiger partial charge in [-0.05, 0) is 60.5 Å². The molecular formula is C27H25ClF2N2O5S. The number of ether oxygens (including phenoxy) is 2. The van der Waals surface area contributed by atoms with Crippen molar-refractivity contribution in [2.24, 2.45) is 0 Å². The highest BCUT2D eigenvalue weighted by Gasteiger charge is 2.36. The predicted molar refractivity (Wildman–Crippen MR) is 141 cm³/mol. The Morgan fingerprint density at radius 3 is 2.55 bits per heavy atom. The summed E-state index contributed by atoms with van der Waals surface area (Å²) < 4.78 is 68.1. The number of methoxy groups -OCH3 is 1. The van der Waals surface area contributed by atoms with Crippen LogP contribution in [0.3, 0.4) is 0 Å². The van der Waals surface area contributed by atoms with E-state index in [0.717, 1.165) is 18.2 Å². The number of nitrogens with one attached hydrogen (secondary N) is 1. The van der Waals surface area contributed by atoms with E-state index in [1.165, 1.54) is 36.5 Å². The second-order valence-electron chi connectivity index (χ2n) is 8.61. The van der Waals surface area contributed by atoms with Crippen LogP contribution in [0.15, 0.2) is 65.1 Å². The molecule has 4 rings (SSSR count). The summed E-state index contributed by atoms with van der Waals surface area (Å²) in [6, 6.07) is 11.7. The molecule has 200 valence electrons. The van der Waals surface area contributed by atoms with Gasteiger partial charge in [-0.3, -0.25) is 9.10 Å². The summed E-state index contributed by atoms with van der Waals surface area (Å²) in [4.78, 5) is 11.4. The molecule has 0 radical (unpaired) electrons. The fourth-order valence-corrected chi connectivity index (χ4v) is 6.02. The Bertz CT molecular complexity index is 1510. The van der Waals surface area contributed by atoms with Crippen molar-refractivity contribution >= 4 is 39.3 Å². The number of halogens is 3. The molecule has 0 fully saturated rings. The Labute approximate surface area is 224 Å². The van der Waals surface area contributed by atoms with Crippen LogP contribution in [0, 0.1) is 11.6 Å². The van der Waals surface area contributed by atoms with Crippen LogP contribution in [-0.2, 0) is 21.4 Å².